The zero-order chi connectivity index (χ0) is 12.3. The molecule has 3 nitrogen and oxygen atoms in total. The van der Waals surface area contributed by atoms with Crippen LogP contribution in [0.15, 0.2) is 24.3 Å². The van der Waals surface area contributed by atoms with E-state index in [4.69, 9.17) is 5.73 Å². The summed E-state index contributed by atoms with van der Waals surface area (Å²) in [5.74, 6) is 0. The molecule has 2 N–H and O–H groups in total. The average Bonchev–Trinajstić information content (AvgIpc) is 2.30. The largest absolute Gasteiger partial charge is 0.369 e. The van der Waals surface area contributed by atoms with Crippen LogP contribution in [0.1, 0.15) is 12.5 Å². The van der Waals surface area contributed by atoms with Crippen molar-refractivity contribution in [1.29, 1.82) is 0 Å². The summed E-state index contributed by atoms with van der Waals surface area (Å²) in [4.78, 5) is 4.94. The third-order valence-electron chi connectivity index (χ3n) is 3.37. The number of anilines is 1. The van der Waals surface area contributed by atoms with Gasteiger partial charge in [-0.1, -0.05) is 18.2 Å². The van der Waals surface area contributed by atoms with Crippen LogP contribution in [-0.4, -0.2) is 43.7 Å². The molecule has 94 valence electrons. The Hall–Kier alpha value is -1.06. The molecule has 0 bridgehead atoms. The van der Waals surface area contributed by atoms with Gasteiger partial charge in [0.05, 0.1) is 0 Å². The number of benzene rings is 1. The molecule has 17 heavy (non-hydrogen) atoms. The number of nitrogens with zero attached hydrogens (tertiary/aromatic N) is 2. The lowest BCUT2D eigenvalue weighted by Crippen LogP contribution is -2.49. The molecule has 0 radical (unpaired) electrons. The lowest BCUT2D eigenvalue weighted by molar-refractivity contribution is 0.246. The molecule has 1 saturated heterocycles. The van der Waals surface area contributed by atoms with Crippen molar-refractivity contribution in [3.05, 3.63) is 29.8 Å². The van der Waals surface area contributed by atoms with Crippen LogP contribution in [0, 0.1) is 6.92 Å². The van der Waals surface area contributed by atoms with Crippen LogP contribution in [0.5, 0.6) is 0 Å². The van der Waals surface area contributed by atoms with E-state index in [0.717, 1.165) is 32.7 Å². The normalized spacial score (nSPS) is 19.4. The second kappa shape index (κ2) is 5.52. The minimum atomic E-state index is 0.278. The van der Waals surface area contributed by atoms with Crippen molar-refractivity contribution in [1.82, 2.24) is 4.90 Å². The van der Waals surface area contributed by atoms with Gasteiger partial charge >= 0.3 is 0 Å². The van der Waals surface area contributed by atoms with E-state index in [-0.39, 0.29) is 6.04 Å². The highest BCUT2D eigenvalue weighted by Crippen LogP contribution is 2.20. The first-order chi connectivity index (χ1) is 8.16. The van der Waals surface area contributed by atoms with Crippen molar-refractivity contribution in [3.63, 3.8) is 0 Å². The minimum Gasteiger partial charge on any atom is -0.369 e. The highest BCUT2D eigenvalue weighted by atomic mass is 15.3. The molecule has 0 amide bonds. The molecule has 0 aromatic heterocycles. The predicted octanol–water partition coefficient (Wildman–Crippen LogP) is 1.46. The number of rotatable bonds is 3. The Kier molecular flexibility index (Phi) is 4.02. The van der Waals surface area contributed by atoms with Crippen molar-refractivity contribution in [2.75, 3.05) is 37.6 Å². The van der Waals surface area contributed by atoms with Crippen LogP contribution in [0.2, 0.25) is 0 Å². The van der Waals surface area contributed by atoms with E-state index in [1.54, 1.807) is 0 Å². The Labute approximate surface area is 104 Å². The van der Waals surface area contributed by atoms with E-state index in [2.05, 4.69) is 47.9 Å². The topological polar surface area (TPSA) is 32.5 Å². The van der Waals surface area contributed by atoms with Crippen LogP contribution in [0.4, 0.5) is 5.69 Å². The fourth-order valence-corrected chi connectivity index (χ4v) is 2.50. The van der Waals surface area contributed by atoms with Crippen molar-refractivity contribution in [2.45, 2.75) is 19.9 Å². The third-order valence-corrected chi connectivity index (χ3v) is 3.37. The predicted molar refractivity (Wildman–Crippen MR) is 73.5 cm³/mol. The van der Waals surface area contributed by atoms with Gasteiger partial charge in [-0.25, -0.2) is 0 Å². The number of piperazine rings is 1. The van der Waals surface area contributed by atoms with Gasteiger partial charge < -0.3 is 10.6 Å². The summed E-state index contributed by atoms with van der Waals surface area (Å²) in [5.41, 5.74) is 8.59. The quantitative estimate of drug-likeness (QED) is 0.858. The summed E-state index contributed by atoms with van der Waals surface area (Å²) in [5, 5.41) is 0. The Morgan fingerprint density at radius 3 is 2.41 bits per heavy atom. The molecule has 1 aromatic rings. The van der Waals surface area contributed by atoms with Gasteiger partial charge in [0, 0.05) is 44.5 Å². The maximum absolute atomic E-state index is 5.84. The lowest BCUT2D eigenvalue weighted by atomic mass is 10.1. The van der Waals surface area contributed by atoms with E-state index in [1.807, 2.05) is 0 Å². The molecule has 1 atom stereocenters. The van der Waals surface area contributed by atoms with E-state index in [9.17, 15) is 0 Å². The first-order valence-electron chi connectivity index (χ1n) is 6.45. The number of para-hydroxylation sites is 1. The molecule has 1 fully saturated rings. The van der Waals surface area contributed by atoms with Gasteiger partial charge in [-0.3, -0.25) is 4.90 Å². The van der Waals surface area contributed by atoms with E-state index in [0.29, 0.717) is 0 Å². The maximum atomic E-state index is 5.84. The molecule has 0 aliphatic carbocycles. The standard InChI is InChI=1S/C14H23N3/c1-12-5-3-4-6-14(12)17-9-7-16(8-10-17)11-13(2)15/h3-6,13H,7-11,15H2,1-2H3/t13-/m1/s1. The fraction of sp³-hybridized carbons (Fsp3) is 0.571. The third kappa shape index (κ3) is 3.20. The van der Waals surface area contributed by atoms with Gasteiger partial charge in [0.25, 0.3) is 0 Å². The summed E-state index contributed by atoms with van der Waals surface area (Å²) in [6.07, 6.45) is 0. The van der Waals surface area contributed by atoms with Crippen LogP contribution in [-0.2, 0) is 0 Å². The molecule has 1 heterocycles. The van der Waals surface area contributed by atoms with Gasteiger partial charge in [-0.15, -0.1) is 0 Å². The Morgan fingerprint density at radius 1 is 1.18 bits per heavy atom. The van der Waals surface area contributed by atoms with Crippen LogP contribution in [0.3, 0.4) is 0 Å². The summed E-state index contributed by atoms with van der Waals surface area (Å²) in [7, 11) is 0. The van der Waals surface area contributed by atoms with Crippen molar-refractivity contribution >= 4 is 5.69 Å². The average molecular weight is 233 g/mol. The summed E-state index contributed by atoms with van der Waals surface area (Å²) < 4.78 is 0. The highest BCUT2D eigenvalue weighted by molar-refractivity contribution is 5.53. The SMILES string of the molecule is Cc1ccccc1N1CCN(C[C@@H](C)N)CC1. The van der Waals surface area contributed by atoms with E-state index >= 15 is 0 Å². The lowest BCUT2D eigenvalue weighted by Gasteiger charge is -2.37. The Morgan fingerprint density at radius 2 is 1.82 bits per heavy atom. The van der Waals surface area contributed by atoms with Gasteiger partial charge in [0.15, 0.2) is 0 Å². The van der Waals surface area contributed by atoms with Crippen LogP contribution >= 0.6 is 0 Å². The van der Waals surface area contributed by atoms with Crippen LogP contribution < -0.4 is 10.6 Å². The molecule has 1 aliphatic heterocycles. The van der Waals surface area contributed by atoms with E-state index < -0.39 is 0 Å². The van der Waals surface area contributed by atoms with Gasteiger partial charge in [-0.05, 0) is 25.5 Å². The molecular formula is C14H23N3. The highest BCUT2D eigenvalue weighted by Gasteiger charge is 2.18. The fourth-order valence-electron chi connectivity index (χ4n) is 2.50. The molecule has 1 aliphatic rings. The molecule has 1 aromatic carbocycles. The maximum Gasteiger partial charge on any atom is 0.0396 e. The molecular weight excluding hydrogens is 210 g/mol. The zero-order valence-electron chi connectivity index (χ0n) is 10.9. The monoisotopic (exact) mass is 233 g/mol. The number of hydrogen-bond donors (Lipinski definition) is 1. The molecule has 0 saturated carbocycles. The summed E-state index contributed by atoms with van der Waals surface area (Å²) >= 11 is 0. The van der Waals surface area contributed by atoms with Crippen molar-refractivity contribution in [2.24, 2.45) is 5.73 Å². The summed E-state index contributed by atoms with van der Waals surface area (Å²) in [6.45, 7) is 9.74. The zero-order valence-corrected chi connectivity index (χ0v) is 10.9. The summed E-state index contributed by atoms with van der Waals surface area (Å²) in [6, 6.07) is 8.90. The second-order valence-corrected chi connectivity index (χ2v) is 5.05. The Bertz CT molecular complexity index is 354. The molecule has 0 spiro atoms. The smallest absolute Gasteiger partial charge is 0.0396 e. The van der Waals surface area contributed by atoms with E-state index in [1.165, 1.54) is 11.3 Å². The number of nitrogens with two attached hydrogens (primary N) is 1. The first kappa shape index (κ1) is 12.4. The second-order valence-electron chi connectivity index (χ2n) is 5.05. The Balaban J connectivity index is 1.93. The molecule has 2 rings (SSSR count). The van der Waals surface area contributed by atoms with Gasteiger partial charge in [0.2, 0.25) is 0 Å². The van der Waals surface area contributed by atoms with Crippen molar-refractivity contribution in [3.8, 4) is 0 Å². The first-order valence-corrected chi connectivity index (χ1v) is 6.45. The van der Waals surface area contributed by atoms with Crippen molar-refractivity contribution < 1.29 is 0 Å². The van der Waals surface area contributed by atoms with Gasteiger partial charge in [0.1, 0.15) is 0 Å². The number of aryl methyl sites for hydroxylation is 1. The molecule has 3 heteroatoms. The molecule has 0 unspecified atom stereocenters. The van der Waals surface area contributed by atoms with Gasteiger partial charge in [-0.2, -0.15) is 0 Å². The number of hydrogen-bond acceptors (Lipinski definition) is 3. The van der Waals surface area contributed by atoms with Crippen LogP contribution in [0.25, 0.3) is 0 Å². The minimum absolute atomic E-state index is 0.278.